The summed E-state index contributed by atoms with van der Waals surface area (Å²) in [7, 11) is 1.67. The Labute approximate surface area is 183 Å². The molecule has 2 aromatic carbocycles. The Kier molecular flexibility index (Phi) is 5.78. The van der Waals surface area contributed by atoms with Crippen molar-refractivity contribution in [2.75, 3.05) is 19.0 Å². The van der Waals surface area contributed by atoms with Gasteiger partial charge in [-0.15, -0.1) is 11.3 Å². The fourth-order valence-corrected chi connectivity index (χ4v) is 5.12. The van der Waals surface area contributed by atoms with Gasteiger partial charge in [0.1, 0.15) is 5.75 Å². The summed E-state index contributed by atoms with van der Waals surface area (Å²) in [6.07, 6.45) is 0.968. The van der Waals surface area contributed by atoms with Crippen molar-refractivity contribution >= 4 is 57.6 Å². The van der Waals surface area contributed by atoms with Gasteiger partial charge in [0.25, 0.3) is 0 Å². The standard InChI is InChI=1S/C21H18Cl2N2OS2/c1-26-15-5-2-13(3-6-15)20-16-9-11-28-19(16)8-10-25(20)21(27)24-18-7-4-14(22)12-17(18)23/h2-7,9,11-12,20H,8,10H2,1H3,(H,24,27). The van der Waals surface area contributed by atoms with Gasteiger partial charge < -0.3 is 15.0 Å². The van der Waals surface area contributed by atoms with Crippen molar-refractivity contribution in [3.05, 3.63) is 80.0 Å². The van der Waals surface area contributed by atoms with Crippen molar-refractivity contribution in [3.63, 3.8) is 0 Å². The maximum Gasteiger partial charge on any atom is 0.174 e. The zero-order valence-electron chi connectivity index (χ0n) is 15.1. The average molecular weight is 449 g/mol. The Morgan fingerprint density at radius 3 is 2.68 bits per heavy atom. The lowest BCUT2D eigenvalue weighted by molar-refractivity contribution is 0.346. The maximum atomic E-state index is 6.33. The second-order valence-corrected chi connectivity index (χ2v) is 8.70. The lowest BCUT2D eigenvalue weighted by Gasteiger charge is -2.38. The molecule has 0 saturated carbocycles. The van der Waals surface area contributed by atoms with E-state index < -0.39 is 0 Å². The number of nitrogens with one attached hydrogen (secondary N) is 1. The van der Waals surface area contributed by atoms with E-state index in [1.165, 1.54) is 16.0 Å². The SMILES string of the molecule is COc1ccc(C2c3ccsc3CCN2C(=S)Nc2ccc(Cl)cc2Cl)cc1. The van der Waals surface area contributed by atoms with Crippen LogP contribution in [0.15, 0.2) is 53.9 Å². The molecule has 0 saturated heterocycles. The zero-order valence-corrected chi connectivity index (χ0v) is 18.3. The minimum absolute atomic E-state index is 0.0481. The highest BCUT2D eigenvalue weighted by Gasteiger charge is 2.31. The molecule has 1 aliphatic rings. The van der Waals surface area contributed by atoms with Gasteiger partial charge >= 0.3 is 0 Å². The third-order valence-corrected chi connectivity index (χ3v) is 6.71. The molecule has 144 valence electrons. The predicted molar refractivity (Wildman–Crippen MR) is 122 cm³/mol. The normalized spacial score (nSPS) is 15.8. The quantitative estimate of drug-likeness (QED) is 0.467. The Balaban J connectivity index is 1.66. The van der Waals surface area contributed by atoms with Crippen LogP contribution in [0.2, 0.25) is 10.0 Å². The molecule has 2 heterocycles. The number of hydrogen-bond donors (Lipinski definition) is 1. The van der Waals surface area contributed by atoms with E-state index in [1.54, 1.807) is 30.6 Å². The molecule has 0 spiro atoms. The van der Waals surface area contributed by atoms with Crippen molar-refractivity contribution in [3.8, 4) is 5.75 Å². The number of hydrogen-bond acceptors (Lipinski definition) is 3. The third-order valence-electron chi connectivity index (χ3n) is 4.83. The summed E-state index contributed by atoms with van der Waals surface area (Å²) < 4.78 is 5.31. The molecule has 7 heteroatoms. The van der Waals surface area contributed by atoms with Gasteiger partial charge in [0.05, 0.1) is 23.9 Å². The van der Waals surface area contributed by atoms with Gasteiger partial charge in [-0.2, -0.15) is 0 Å². The summed E-state index contributed by atoms with van der Waals surface area (Å²) in [5.41, 5.74) is 3.22. The third kappa shape index (κ3) is 3.85. The van der Waals surface area contributed by atoms with Crippen LogP contribution < -0.4 is 10.1 Å². The van der Waals surface area contributed by atoms with Crippen molar-refractivity contribution in [2.24, 2.45) is 0 Å². The smallest absolute Gasteiger partial charge is 0.174 e. The van der Waals surface area contributed by atoms with Crippen LogP contribution in [-0.2, 0) is 6.42 Å². The summed E-state index contributed by atoms with van der Waals surface area (Å²) in [6.45, 7) is 0.835. The molecule has 1 unspecified atom stereocenters. The largest absolute Gasteiger partial charge is 0.497 e. The van der Waals surface area contributed by atoms with Crippen molar-refractivity contribution in [1.82, 2.24) is 4.90 Å². The predicted octanol–water partition coefficient (Wildman–Crippen LogP) is 6.41. The van der Waals surface area contributed by atoms with E-state index in [1.807, 2.05) is 18.2 Å². The Morgan fingerprint density at radius 1 is 1.18 bits per heavy atom. The summed E-state index contributed by atoms with van der Waals surface area (Å²) in [6, 6.07) is 15.8. The van der Waals surface area contributed by atoms with E-state index in [-0.39, 0.29) is 6.04 Å². The molecule has 0 aliphatic carbocycles. The molecule has 1 atom stereocenters. The molecule has 0 fully saturated rings. The molecule has 4 rings (SSSR count). The summed E-state index contributed by atoms with van der Waals surface area (Å²) in [5.74, 6) is 0.838. The van der Waals surface area contributed by atoms with Crippen LogP contribution >= 0.6 is 46.8 Å². The van der Waals surface area contributed by atoms with Gasteiger partial charge in [-0.3, -0.25) is 0 Å². The molecule has 1 aromatic heterocycles. The summed E-state index contributed by atoms with van der Waals surface area (Å²) in [5, 5.41) is 7.23. The lowest BCUT2D eigenvalue weighted by Crippen LogP contribution is -2.42. The van der Waals surface area contributed by atoms with Crippen LogP contribution in [0.1, 0.15) is 22.0 Å². The average Bonchev–Trinajstić information content (AvgIpc) is 3.18. The van der Waals surface area contributed by atoms with Crippen LogP contribution in [0.4, 0.5) is 5.69 Å². The number of benzene rings is 2. The monoisotopic (exact) mass is 448 g/mol. The summed E-state index contributed by atoms with van der Waals surface area (Å²) in [4.78, 5) is 3.63. The number of methoxy groups -OCH3 is 1. The zero-order chi connectivity index (χ0) is 19.7. The highest BCUT2D eigenvalue weighted by Crippen LogP contribution is 2.39. The van der Waals surface area contributed by atoms with Crippen LogP contribution in [-0.4, -0.2) is 23.7 Å². The van der Waals surface area contributed by atoms with E-state index in [9.17, 15) is 0 Å². The van der Waals surface area contributed by atoms with E-state index >= 15 is 0 Å². The topological polar surface area (TPSA) is 24.5 Å². The van der Waals surface area contributed by atoms with Gasteiger partial charge in [0, 0.05) is 16.4 Å². The van der Waals surface area contributed by atoms with Gasteiger partial charge in [-0.1, -0.05) is 35.3 Å². The van der Waals surface area contributed by atoms with Crippen molar-refractivity contribution in [2.45, 2.75) is 12.5 Å². The Hall–Kier alpha value is -1.79. The van der Waals surface area contributed by atoms with Gasteiger partial charge in [-0.25, -0.2) is 0 Å². The van der Waals surface area contributed by atoms with Gasteiger partial charge in [0.15, 0.2) is 5.11 Å². The van der Waals surface area contributed by atoms with Crippen LogP contribution in [0.5, 0.6) is 5.75 Å². The number of nitrogens with zero attached hydrogens (tertiary/aromatic N) is 1. The fraction of sp³-hybridized carbons (Fsp3) is 0.190. The molecular weight excluding hydrogens is 431 g/mol. The lowest BCUT2D eigenvalue weighted by atomic mass is 9.93. The first-order valence-electron chi connectivity index (χ1n) is 8.79. The summed E-state index contributed by atoms with van der Waals surface area (Å²) >= 11 is 19.9. The number of anilines is 1. The highest BCUT2D eigenvalue weighted by molar-refractivity contribution is 7.80. The number of thiophene rings is 1. The number of thiocarbonyl (C=S) groups is 1. The van der Waals surface area contributed by atoms with E-state index in [0.29, 0.717) is 15.2 Å². The second-order valence-electron chi connectivity index (χ2n) is 6.47. The number of halogens is 2. The van der Waals surface area contributed by atoms with Crippen LogP contribution in [0.25, 0.3) is 0 Å². The minimum Gasteiger partial charge on any atom is -0.497 e. The maximum absolute atomic E-state index is 6.33. The highest BCUT2D eigenvalue weighted by atomic mass is 35.5. The van der Waals surface area contributed by atoms with Crippen LogP contribution in [0, 0.1) is 0 Å². The second kappa shape index (κ2) is 8.29. The van der Waals surface area contributed by atoms with E-state index in [2.05, 4.69) is 33.8 Å². The van der Waals surface area contributed by atoms with Gasteiger partial charge in [-0.05, 0) is 71.5 Å². The minimum atomic E-state index is 0.0481. The first-order valence-corrected chi connectivity index (χ1v) is 10.8. The fourth-order valence-electron chi connectivity index (χ4n) is 3.46. The Morgan fingerprint density at radius 2 is 1.96 bits per heavy atom. The number of rotatable bonds is 3. The molecule has 1 N–H and O–H groups in total. The van der Waals surface area contributed by atoms with Crippen molar-refractivity contribution in [1.29, 1.82) is 0 Å². The van der Waals surface area contributed by atoms with E-state index in [4.69, 9.17) is 40.2 Å². The first-order chi connectivity index (χ1) is 13.6. The van der Waals surface area contributed by atoms with Crippen molar-refractivity contribution < 1.29 is 4.74 Å². The molecular formula is C21H18Cl2N2OS2. The van der Waals surface area contributed by atoms with Gasteiger partial charge in [0.2, 0.25) is 0 Å². The molecule has 28 heavy (non-hydrogen) atoms. The molecule has 3 aromatic rings. The molecule has 0 amide bonds. The van der Waals surface area contributed by atoms with Crippen LogP contribution in [0.3, 0.4) is 0 Å². The molecule has 1 aliphatic heterocycles. The number of ether oxygens (including phenoxy) is 1. The van der Waals surface area contributed by atoms with E-state index in [0.717, 1.165) is 24.4 Å². The Bertz CT molecular complexity index is 1000. The number of fused-ring (bicyclic) bond motifs is 1. The molecule has 0 radical (unpaired) electrons. The molecule has 0 bridgehead atoms. The molecule has 3 nitrogen and oxygen atoms in total. The first kappa shape index (κ1) is 19.5.